The lowest BCUT2D eigenvalue weighted by Gasteiger charge is -2.04. The first-order valence-electron chi connectivity index (χ1n) is 7.50. The molecule has 3 aromatic carbocycles. The zero-order chi connectivity index (χ0) is 14.9. The van der Waals surface area contributed by atoms with E-state index in [0.29, 0.717) is 0 Å². The van der Waals surface area contributed by atoms with Crippen molar-refractivity contribution in [3.05, 3.63) is 102 Å². The van der Waals surface area contributed by atoms with Crippen LogP contribution >= 0.6 is 0 Å². The van der Waals surface area contributed by atoms with Crippen LogP contribution in [0, 0.1) is 0 Å². The maximum Gasteiger partial charge on any atom is -0.00930 e. The van der Waals surface area contributed by atoms with Crippen LogP contribution in [0.3, 0.4) is 0 Å². The summed E-state index contributed by atoms with van der Waals surface area (Å²) in [5.74, 6) is 0. The summed E-state index contributed by atoms with van der Waals surface area (Å²) in [5.41, 5.74) is 8.93. The fraction of sp³-hybridized carbons (Fsp3) is 0. The fourth-order valence-corrected chi connectivity index (χ4v) is 3.15. The molecule has 0 bridgehead atoms. The van der Waals surface area contributed by atoms with Crippen molar-refractivity contribution < 1.29 is 0 Å². The lowest BCUT2D eigenvalue weighted by molar-refractivity contribution is 1.61. The molecule has 0 nitrogen and oxygen atoms in total. The summed E-state index contributed by atoms with van der Waals surface area (Å²) in [7, 11) is 0. The van der Waals surface area contributed by atoms with E-state index < -0.39 is 0 Å². The Bertz CT molecular complexity index is 850. The number of rotatable bonds is 2. The van der Waals surface area contributed by atoms with Gasteiger partial charge in [0.1, 0.15) is 0 Å². The Hall–Kier alpha value is -2.86. The Morgan fingerprint density at radius 2 is 1.14 bits per heavy atom. The molecular formula is C22H16. The van der Waals surface area contributed by atoms with Crippen molar-refractivity contribution in [1.82, 2.24) is 0 Å². The van der Waals surface area contributed by atoms with Gasteiger partial charge in [-0.3, -0.25) is 0 Å². The van der Waals surface area contributed by atoms with Crippen molar-refractivity contribution in [2.24, 2.45) is 0 Å². The normalized spacial score (nSPS) is 11.7. The van der Waals surface area contributed by atoms with Crippen molar-refractivity contribution >= 4 is 17.7 Å². The largest absolute Gasteiger partial charge is 0.0985 e. The summed E-state index contributed by atoms with van der Waals surface area (Å²) in [6.07, 6.45) is 4.16. The molecule has 0 amide bonds. The maximum absolute atomic E-state index is 3.86. The van der Waals surface area contributed by atoms with E-state index in [2.05, 4.69) is 85.5 Å². The van der Waals surface area contributed by atoms with Gasteiger partial charge in [-0.05, 0) is 51.1 Å². The molecule has 0 aromatic heterocycles. The monoisotopic (exact) mass is 280 g/mol. The van der Waals surface area contributed by atoms with E-state index in [1.807, 2.05) is 6.08 Å². The Balaban J connectivity index is 1.94. The summed E-state index contributed by atoms with van der Waals surface area (Å²) >= 11 is 0. The van der Waals surface area contributed by atoms with Crippen LogP contribution in [0.15, 0.2) is 79.4 Å². The quantitative estimate of drug-likeness (QED) is 0.429. The van der Waals surface area contributed by atoms with E-state index >= 15 is 0 Å². The zero-order valence-electron chi connectivity index (χ0n) is 12.3. The Morgan fingerprint density at radius 3 is 1.73 bits per heavy atom. The highest BCUT2D eigenvalue weighted by Gasteiger charge is 2.21. The van der Waals surface area contributed by atoms with Gasteiger partial charge in [-0.25, -0.2) is 0 Å². The van der Waals surface area contributed by atoms with E-state index in [1.54, 1.807) is 0 Å². The molecule has 104 valence electrons. The Kier molecular flexibility index (Phi) is 3.01. The van der Waals surface area contributed by atoms with Gasteiger partial charge in [0.05, 0.1) is 0 Å². The molecular weight excluding hydrogens is 264 g/mol. The molecule has 1 aliphatic rings. The molecule has 0 N–H and O–H groups in total. The van der Waals surface area contributed by atoms with Crippen LogP contribution in [-0.4, -0.2) is 0 Å². The molecule has 4 rings (SSSR count). The Labute approximate surface area is 131 Å². The molecule has 0 saturated heterocycles. The summed E-state index contributed by atoms with van der Waals surface area (Å²) in [4.78, 5) is 0. The average molecular weight is 280 g/mol. The second-order valence-corrected chi connectivity index (χ2v) is 5.52. The molecule has 0 spiro atoms. The molecule has 0 heterocycles. The molecule has 0 fully saturated rings. The highest BCUT2D eigenvalue weighted by Crippen LogP contribution is 2.44. The first-order valence-corrected chi connectivity index (χ1v) is 7.50. The van der Waals surface area contributed by atoms with Gasteiger partial charge in [0.2, 0.25) is 0 Å². The number of fused-ring (bicyclic) bond motifs is 3. The summed E-state index contributed by atoms with van der Waals surface area (Å²) < 4.78 is 0. The van der Waals surface area contributed by atoms with Gasteiger partial charge < -0.3 is 0 Å². The number of hydrogen-bond acceptors (Lipinski definition) is 0. The minimum absolute atomic E-state index is 1.15. The molecule has 0 saturated carbocycles. The van der Waals surface area contributed by atoms with Crippen LogP contribution in [0.25, 0.3) is 28.9 Å². The number of hydrogen-bond donors (Lipinski definition) is 0. The average Bonchev–Trinajstić information content (AvgIpc) is 2.90. The standard InChI is InChI=1S/C22H16/c1-2-16-8-7-9-17(14-16)15-22-20-12-5-3-10-18(20)19-11-4-6-13-21(19)22/h2-15H,1H2. The zero-order valence-corrected chi connectivity index (χ0v) is 12.3. The van der Waals surface area contributed by atoms with Crippen LogP contribution in [-0.2, 0) is 0 Å². The van der Waals surface area contributed by atoms with Crippen molar-refractivity contribution in [1.29, 1.82) is 0 Å². The van der Waals surface area contributed by atoms with E-state index in [0.717, 1.165) is 5.56 Å². The third kappa shape index (κ3) is 2.01. The second-order valence-electron chi connectivity index (χ2n) is 5.52. The molecule has 0 heteroatoms. The van der Waals surface area contributed by atoms with Gasteiger partial charge in [-0.15, -0.1) is 0 Å². The predicted octanol–water partition coefficient (Wildman–Crippen LogP) is 5.90. The smallest absolute Gasteiger partial charge is 0.00930 e. The van der Waals surface area contributed by atoms with Crippen LogP contribution in [0.1, 0.15) is 22.3 Å². The molecule has 0 aliphatic heterocycles. The lowest BCUT2D eigenvalue weighted by atomic mass is 10.0. The van der Waals surface area contributed by atoms with Crippen molar-refractivity contribution in [2.75, 3.05) is 0 Å². The van der Waals surface area contributed by atoms with Gasteiger partial charge in [0.25, 0.3) is 0 Å². The SMILES string of the molecule is C=Cc1cccc(C=C2c3ccccc3-c3ccccc32)c1. The number of benzene rings is 3. The molecule has 3 aromatic rings. The van der Waals surface area contributed by atoms with Gasteiger partial charge in [0.15, 0.2) is 0 Å². The third-order valence-corrected chi connectivity index (χ3v) is 4.18. The second kappa shape index (κ2) is 5.16. The van der Waals surface area contributed by atoms with Crippen LogP contribution in [0.5, 0.6) is 0 Å². The third-order valence-electron chi connectivity index (χ3n) is 4.18. The van der Waals surface area contributed by atoms with Crippen LogP contribution in [0.4, 0.5) is 0 Å². The van der Waals surface area contributed by atoms with Crippen LogP contribution in [0.2, 0.25) is 0 Å². The maximum atomic E-state index is 3.86. The van der Waals surface area contributed by atoms with E-state index in [4.69, 9.17) is 0 Å². The topological polar surface area (TPSA) is 0 Å². The first kappa shape index (κ1) is 12.8. The van der Waals surface area contributed by atoms with Crippen LogP contribution < -0.4 is 0 Å². The van der Waals surface area contributed by atoms with Gasteiger partial charge in [-0.1, -0.05) is 79.4 Å². The van der Waals surface area contributed by atoms with E-state index in [1.165, 1.54) is 33.4 Å². The molecule has 22 heavy (non-hydrogen) atoms. The van der Waals surface area contributed by atoms with Crippen molar-refractivity contribution in [3.63, 3.8) is 0 Å². The first-order chi connectivity index (χ1) is 10.9. The fourth-order valence-electron chi connectivity index (χ4n) is 3.15. The highest BCUT2D eigenvalue weighted by atomic mass is 14.2. The molecule has 1 aliphatic carbocycles. The predicted molar refractivity (Wildman–Crippen MR) is 95.4 cm³/mol. The van der Waals surface area contributed by atoms with Crippen molar-refractivity contribution in [2.45, 2.75) is 0 Å². The molecule has 0 unspecified atom stereocenters. The Morgan fingerprint density at radius 1 is 0.591 bits per heavy atom. The van der Waals surface area contributed by atoms with Gasteiger partial charge >= 0.3 is 0 Å². The van der Waals surface area contributed by atoms with E-state index in [-0.39, 0.29) is 0 Å². The summed E-state index contributed by atoms with van der Waals surface area (Å²) in [5, 5.41) is 0. The molecule has 0 radical (unpaired) electrons. The van der Waals surface area contributed by atoms with Crippen molar-refractivity contribution in [3.8, 4) is 11.1 Å². The summed E-state index contributed by atoms with van der Waals surface area (Å²) in [6.45, 7) is 3.86. The summed E-state index contributed by atoms with van der Waals surface area (Å²) in [6, 6.07) is 25.7. The van der Waals surface area contributed by atoms with Gasteiger partial charge in [0, 0.05) is 0 Å². The molecule has 0 atom stereocenters. The highest BCUT2D eigenvalue weighted by molar-refractivity contribution is 6.06. The minimum Gasteiger partial charge on any atom is -0.0985 e. The minimum atomic E-state index is 1.15. The lowest BCUT2D eigenvalue weighted by Crippen LogP contribution is -1.82. The van der Waals surface area contributed by atoms with E-state index in [9.17, 15) is 0 Å². The van der Waals surface area contributed by atoms with Gasteiger partial charge in [-0.2, -0.15) is 0 Å².